The van der Waals surface area contributed by atoms with Gasteiger partial charge in [0.2, 0.25) is 0 Å². The van der Waals surface area contributed by atoms with Gasteiger partial charge in [0, 0.05) is 36.0 Å². The molecule has 0 bridgehead atoms. The quantitative estimate of drug-likeness (QED) is 0.0489. The van der Waals surface area contributed by atoms with Gasteiger partial charge in [-0.05, 0) is 88.7 Å². The monoisotopic (exact) mass is 653 g/mol. The first kappa shape index (κ1) is 38.5. The van der Waals surface area contributed by atoms with Crippen LogP contribution in [0.15, 0.2) is 94.6 Å². The molecule has 2 aromatic carbocycles. The predicted octanol–water partition coefficient (Wildman–Crippen LogP) is 9.77. The predicted molar refractivity (Wildman–Crippen MR) is 203 cm³/mol. The van der Waals surface area contributed by atoms with Crippen molar-refractivity contribution in [3.63, 3.8) is 0 Å². The van der Waals surface area contributed by atoms with Gasteiger partial charge in [0.1, 0.15) is 23.9 Å². The summed E-state index contributed by atoms with van der Waals surface area (Å²) in [5.41, 5.74) is 4.10. The third kappa shape index (κ3) is 9.81. The van der Waals surface area contributed by atoms with Crippen LogP contribution in [0.5, 0.6) is 0 Å². The second kappa shape index (κ2) is 18.0. The molecule has 2 unspecified atom stereocenters. The lowest BCUT2D eigenvalue weighted by Crippen LogP contribution is -2.46. The molecule has 6 heteroatoms. The van der Waals surface area contributed by atoms with Gasteiger partial charge in [-0.25, -0.2) is 9.38 Å². The van der Waals surface area contributed by atoms with Gasteiger partial charge in [-0.2, -0.15) is 0 Å². The van der Waals surface area contributed by atoms with Gasteiger partial charge in [0.05, 0.1) is 12.1 Å². The standard InChI is InChI=1S/C42H56FN3O2/c1-12-22-44-32(9)39(38(15-4)47-27-30(7)13-2)41(37(43)23-36-21-17-20-35-19-16-18-34(14-3)40(35)36)45-33(10)48-28-42(24-29(5)6)25-31(8)26-46(42)11/h3,15-21,23,30,32,44H,5,8,12-13,22,24-28H2,1-2,4,6-7,9-11H3/b37-23-,38-15-,41-39+,45-33?/t30-,32?,42?/m0/s1. The van der Waals surface area contributed by atoms with Crippen LogP contribution in [0.2, 0.25) is 0 Å². The molecule has 2 aromatic rings. The van der Waals surface area contributed by atoms with E-state index in [4.69, 9.17) is 20.9 Å². The van der Waals surface area contributed by atoms with E-state index in [1.54, 1.807) is 6.92 Å². The van der Waals surface area contributed by atoms with E-state index in [-0.39, 0.29) is 17.3 Å². The van der Waals surface area contributed by atoms with Crippen molar-refractivity contribution in [1.29, 1.82) is 0 Å². The van der Waals surface area contributed by atoms with Crippen molar-refractivity contribution in [3.05, 3.63) is 101 Å². The van der Waals surface area contributed by atoms with Crippen molar-refractivity contribution < 1.29 is 13.9 Å². The highest BCUT2D eigenvalue weighted by molar-refractivity contribution is 5.95. The summed E-state index contributed by atoms with van der Waals surface area (Å²) in [6, 6.07) is 11.3. The summed E-state index contributed by atoms with van der Waals surface area (Å²) < 4.78 is 29.9. The molecule has 3 rings (SSSR count). The first-order chi connectivity index (χ1) is 22.9. The Labute approximate surface area is 289 Å². The molecule has 1 N–H and O–H groups in total. The van der Waals surface area contributed by atoms with Gasteiger partial charge in [-0.3, -0.25) is 4.90 Å². The summed E-state index contributed by atoms with van der Waals surface area (Å²) in [7, 11) is 2.09. The zero-order valence-corrected chi connectivity index (χ0v) is 30.5. The Hall–Kier alpha value is -3.92. The van der Waals surface area contributed by atoms with E-state index in [2.05, 4.69) is 57.1 Å². The Bertz CT molecular complexity index is 1620. The number of rotatable bonds is 16. The fourth-order valence-corrected chi connectivity index (χ4v) is 6.28. The minimum absolute atomic E-state index is 0.161. The highest BCUT2D eigenvalue weighted by Crippen LogP contribution is 2.37. The molecule has 258 valence electrons. The van der Waals surface area contributed by atoms with Crippen LogP contribution < -0.4 is 5.32 Å². The normalized spacial score (nSPS) is 19.6. The zero-order valence-electron chi connectivity index (χ0n) is 30.5. The topological polar surface area (TPSA) is 46.1 Å². The van der Waals surface area contributed by atoms with Crippen molar-refractivity contribution in [2.75, 3.05) is 33.4 Å². The van der Waals surface area contributed by atoms with E-state index in [9.17, 15) is 0 Å². The molecular formula is C42H56FN3O2. The number of nitrogens with zero attached hydrogens (tertiary/aromatic N) is 2. The summed E-state index contributed by atoms with van der Waals surface area (Å²) in [5.74, 6) is 3.55. The minimum atomic E-state index is -0.507. The molecule has 48 heavy (non-hydrogen) atoms. The summed E-state index contributed by atoms with van der Waals surface area (Å²) in [6.07, 6.45) is 12.8. The van der Waals surface area contributed by atoms with Gasteiger partial charge in [-0.1, -0.05) is 81.2 Å². The molecule has 1 aliphatic rings. The number of likely N-dealkylation sites (N-methyl/N-ethyl adjacent to an activating group) is 1. The van der Waals surface area contributed by atoms with E-state index in [1.165, 1.54) is 6.08 Å². The third-order valence-corrected chi connectivity index (χ3v) is 9.04. The average Bonchev–Trinajstić information content (AvgIpc) is 3.34. The van der Waals surface area contributed by atoms with Gasteiger partial charge < -0.3 is 14.8 Å². The zero-order chi connectivity index (χ0) is 35.4. The van der Waals surface area contributed by atoms with E-state index < -0.39 is 5.83 Å². The van der Waals surface area contributed by atoms with Crippen LogP contribution in [0.4, 0.5) is 4.39 Å². The minimum Gasteiger partial charge on any atom is -0.493 e. The Morgan fingerprint density at radius 2 is 1.90 bits per heavy atom. The Balaban J connectivity index is 2.25. The van der Waals surface area contributed by atoms with Crippen molar-refractivity contribution >= 4 is 22.7 Å². The van der Waals surface area contributed by atoms with Crippen LogP contribution in [0.3, 0.4) is 0 Å². The van der Waals surface area contributed by atoms with Crippen molar-refractivity contribution in [2.45, 2.75) is 85.7 Å². The van der Waals surface area contributed by atoms with Gasteiger partial charge in [0.15, 0.2) is 5.90 Å². The molecule has 1 saturated heterocycles. The number of benzene rings is 2. The van der Waals surface area contributed by atoms with Crippen LogP contribution in [0.25, 0.3) is 16.8 Å². The largest absolute Gasteiger partial charge is 0.493 e. The lowest BCUT2D eigenvalue weighted by Gasteiger charge is -2.36. The van der Waals surface area contributed by atoms with Crippen molar-refractivity contribution in [3.8, 4) is 12.3 Å². The number of likely N-dealkylation sites (tertiary alicyclic amines) is 1. The highest BCUT2D eigenvalue weighted by atomic mass is 19.1. The van der Waals surface area contributed by atoms with Gasteiger partial charge >= 0.3 is 0 Å². The number of allylic oxidation sites excluding steroid dienone is 2. The maximum Gasteiger partial charge on any atom is 0.185 e. The van der Waals surface area contributed by atoms with Gasteiger partial charge in [-0.15, -0.1) is 13.0 Å². The molecule has 1 heterocycles. The van der Waals surface area contributed by atoms with Crippen LogP contribution in [-0.4, -0.2) is 55.7 Å². The molecule has 1 aliphatic heterocycles. The number of aliphatic imine (C=N–C) groups is 1. The number of nitrogens with one attached hydrogen (secondary N) is 1. The van der Waals surface area contributed by atoms with Crippen LogP contribution in [-0.2, 0) is 9.47 Å². The van der Waals surface area contributed by atoms with Crippen LogP contribution in [0.1, 0.15) is 85.3 Å². The first-order valence-corrected chi connectivity index (χ1v) is 17.2. The molecule has 1 fully saturated rings. The Morgan fingerprint density at radius 3 is 2.48 bits per heavy atom. The maximum absolute atomic E-state index is 17.1. The number of ether oxygens (including phenoxy) is 2. The summed E-state index contributed by atoms with van der Waals surface area (Å²) >= 11 is 0. The number of hydrogen-bond donors (Lipinski definition) is 1. The van der Waals surface area contributed by atoms with E-state index in [0.717, 1.165) is 60.7 Å². The van der Waals surface area contributed by atoms with E-state index >= 15 is 4.39 Å². The fraction of sp³-hybridized carbons (Fsp3) is 0.452. The smallest absolute Gasteiger partial charge is 0.185 e. The van der Waals surface area contributed by atoms with Crippen LogP contribution >= 0.6 is 0 Å². The van der Waals surface area contributed by atoms with E-state index in [1.807, 2.05) is 63.2 Å². The van der Waals surface area contributed by atoms with Gasteiger partial charge in [0.25, 0.3) is 0 Å². The van der Waals surface area contributed by atoms with Crippen molar-refractivity contribution in [2.24, 2.45) is 10.9 Å². The highest BCUT2D eigenvalue weighted by Gasteiger charge is 2.41. The number of halogens is 1. The maximum atomic E-state index is 17.1. The summed E-state index contributed by atoms with van der Waals surface area (Å²) in [5, 5.41) is 5.31. The van der Waals surface area contributed by atoms with Crippen molar-refractivity contribution in [1.82, 2.24) is 10.2 Å². The molecule has 3 atom stereocenters. The molecule has 0 saturated carbocycles. The summed E-state index contributed by atoms with van der Waals surface area (Å²) in [6.45, 7) is 25.0. The molecule has 0 aromatic heterocycles. The van der Waals surface area contributed by atoms with Crippen LogP contribution in [0, 0.1) is 18.3 Å². The number of terminal acetylenes is 1. The number of hydrogen-bond acceptors (Lipinski definition) is 5. The molecule has 0 spiro atoms. The lowest BCUT2D eigenvalue weighted by atomic mass is 9.89. The molecule has 0 aliphatic carbocycles. The molecule has 5 nitrogen and oxygen atoms in total. The third-order valence-electron chi connectivity index (χ3n) is 9.04. The Kier molecular flexibility index (Phi) is 14.5. The fourth-order valence-electron chi connectivity index (χ4n) is 6.28. The molecular weight excluding hydrogens is 597 g/mol. The second-order valence-corrected chi connectivity index (χ2v) is 13.4. The average molecular weight is 654 g/mol. The molecule has 0 amide bonds. The SMILES string of the molecule is C#Cc1cccc2cccc(/C=C(F)/C(N=C(C)OCC3(CC(=C)C)CC(=C)CN3C)=C(\C(=C\C)OC[C@@H](C)CC)C(C)NCCC)c12. The van der Waals surface area contributed by atoms with E-state index in [0.29, 0.717) is 47.5 Å². The lowest BCUT2D eigenvalue weighted by molar-refractivity contribution is 0.0903. The molecule has 0 radical (unpaired) electrons. The summed E-state index contributed by atoms with van der Waals surface area (Å²) in [4.78, 5) is 7.20. The first-order valence-electron chi connectivity index (χ1n) is 17.2. The number of fused-ring (bicyclic) bond motifs is 1. The second-order valence-electron chi connectivity index (χ2n) is 13.4. The Morgan fingerprint density at radius 1 is 1.19 bits per heavy atom.